The maximum atomic E-state index is 9.18. The Labute approximate surface area is 72.5 Å². The Bertz CT molecular complexity index is 248. The van der Waals surface area contributed by atoms with E-state index >= 15 is 0 Å². The van der Waals surface area contributed by atoms with Gasteiger partial charge in [0.05, 0.1) is 0 Å². The lowest BCUT2D eigenvalue weighted by atomic mass is 9.98. The Morgan fingerprint density at radius 2 is 1.67 bits per heavy atom. The molecule has 0 radical (unpaired) electrons. The van der Waals surface area contributed by atoms with Crippen molar-refractivity contribution in [3.63, 3.8) is 0 Å². The van der Waals surface area contributed by atoms with E-state index in [1.807, 2.05) is 0 Å². The van der Waals surface area contributed by atoms with Gasteiger partial charge in [0.1, 0.15) is 11.5 Å². The van der Waals surface area contributed by atoms with Crippen LogP contribution in [0.2, 0.25) is 0 Å². The van der Waals surface area contributed by atoms with Crippen LogP contribution in [-0.4, -0.2) is 10.2 Å². The summed E-state index contributed by atoms with van der Waals surface area (Å²) in [6.07, 6.45) is 1.00. The van der Waals surface area contributed by atoms with Crippen molar-refractivity contribution in [2.45, 2.75) is 26.2 Å². The zero-order chi connectivity index (χ0) is 9.14. The van der Waals surface area contributed by atoms with E-state index in [0.717, 1.165) is 12.0 Å². The molecule has 1 unspecified atom stereocenters. The third-order valence-corrected chi connectivity index (χ3v) is 2.11. The molecule has 0 aliphatic carbocycles. The van der Waals surface area contributed by atoms with Crippen LogP contribution in [0.25, 0.3) is 0 Å². The predicted octanol–water partition coefficient (Wildman–Crippen LogP) is 2.61. The Hall–Kier alpha value is -1.18. The lowest BCUT2D eigenvalue weighted by Gasteiger charge is -2.09. The molecule has 0 fully saturated rings. The van der Waals surface area contributed by atoms with E-state index in [4.69, 9.17) is 0 Å². The lowest BCUT2D eigenvalue weighted by Crippen LogP contribution is -1.90. The maximum absolute atomic E-state index is 9.18. The van der Waals surface area contributed by atoms with Crippen LogP contribution in [-0.2, 0) is 0 Å². The summed E-state index contributed by atoms with van der Waals surface area (Å²) in [6, 6.07) is 4.72. The Kier molecular flexibility index (Phi) is 2.58. The van der Waals surface area contributed by atoms with E-state index in [0.29, 0.717) is 5.92 Å². The number of benzene rings is 1. The second kappa shape index (κ2) is 3.48. The summed E-state index contributed by atoms with van der Waals surface area (Å²) in [7, 11) is 0. The molecule has 2 nitrogen and oxygen atoms in total. The van der Waals surface area contributed by atoms with Crippen molar-refractivity contribution in [2.24, 2.45) is 0 Å². The third kappa shape index (κ3) is 1.91. The molecule has 2 heteroatoms. The van der Waals surface area contributed by atoms with Gasteiger partial charge in [0, 0.05) is 6.07 Å². The average molecular weight is 166 g/mol. The molecule has 66 valence electrons. The number of aromatic hydroxyl groups is 2. The quantitative estimate of drug-likeness (QED) is 0.709. The summed E-state index contributed by atoms with van der Waals surface area (Å²) in [4.78, 5) is 0. The van der Waals surface area contributed by atoms with Crippen molar-refractivity contribution in [1.82, 2.24) is 0 Å². The Morgan fingerprint density at radius 3 is 2.08 bits per heavy atom. The highest BCUT2D eigenvalue weighted by molar-refractivity contribution is 5.38. The highest BCUT2D eigenvalue weighted by atomic mass is 16.3. The van der Waals surface area contributed by atoms with Crippen molar-refractivity contribution in [3.05, 3.63) is 23.8 Å². The van der Waals surface area contributed by atoms with Gasteiger partial charge in [-0.25, -0.2) is 0 Å². The molecule has 12 heavy (non-hydrogen) atoms. The van der Waals surface area contributed by atoms with E-state index in [1.165, 1.54) is 6.07 Å². The highest BCUT2D eigenvalue weighted by Gasteiger charge is 2.05. The van der Waals surface area contributed by atoms with Gasteiger partial charge in [0.25, 0.3) is 0 Å². The van der Waals surface area contributed by atoms with E-state index in [-0.39, 0.29) is 11.5 Å². The van der Waals surface area contributed by atoms with Crippen LogP contribution in [0.3, 0.4) is 0 Å². The minimum Gasteiger partial charge on any atom is -0.508 e. The molecule has 0 amide bonds. The van der Waals surface area contributed by atoms with Crippen LogP contribution in [0.15, 0.2) is 18.2 Å². The van der Waals surface area contributed by atoms with Gasteiger partial charge in [-0.3, -0.25) is 0 Å². The molecule has 2 N–H and O–H groups in total. The van der Waals surface area contributed by atoms with Gasteiger partial charge in [-0.2, -0.15) is 0 Å². The summed E-state index contributed by atoms with van der Waals surface area (Å²) in [5, 5.41) is 18.4. The molecule has 0 saturated heterocycles. The number of hydrogen-bond donors (Lipinski definition) is 2. The van der Waals surface area contributed by atoms with Gasteiger partial charge in [-0.05, 0) is 30.0 Å². The van der Waals surface area contributed by atoms with Crippen LogP contribution >= 0.6 is 0 Å². The number of hydrogen-bond acceptors (Lipinski definition) is 2. The fourth-order valence-electron chi connectivity index (χ4n) is 1.14. The summed E-state index contributed by atoms with van der Waals surface area (Å²) in [6.45, 7) is 4.14. The van der Waals surface area contributed by atoms with Crippen molar-refractivity contribution in [3.8, 4) is 11.5 Å². The fourth-order valence-corrected chi connectivity index (χ4v) is 1.14. The van der Waals surface area contributed by atoms with Crippen LogP contribution in [0.1, 0.15) is 31.7 Å². The maximum Gasteiger partial charge on any atom is 0.119 e. The van der Waals surface area contributed by atoms with Crippen molar-refractivity contribution in [1.29, 1.82) is 0 Å². The smallest absolute Gasteiger partial charge is 0.119 e. The third-order valence-electron chi connectivity index (χ3n) is 2.11. The minimum absolute atomic E-state index is 0.130. The zero-order valence-corrected chi connectivity index (χ0v) is 7.41. The first-order valence-corrected chi connectivity index (χ1v) is 4.16. The fraction of sp³-hybridized carbons (Fsp3) is 0.400. The van der Waals surface area contributed by atoms with E-state index in [9.17, 15) is 10.2 Å². The standard InChI is InChI=1S/C10H14O2/c1-3-7(2)8-4-9(11)6-10(12)5-8/h4-7,11-12H,3H2,1-2H3. The van der Waals surface area contributed by atoms with Crippen LogP contribution in [0.5, 0.6) is 11.5 Å². The Balaban J connectivity index is 3.00. The largest absolute Gasteiger partial charge is 0.508 e. The minimum atomic E-state index is 0.130. The van der Waals surface area contributed by atoms with Gasteiger partial charge < -0.3 is 10.2 Å². The molecule has 0 heterocycles. The second-order valence-electron chi connectivity index (χ2n) is 3.09. The second-order valence-corrected chi connectivity index (χ2v) is 3.09. The van der Waals surface area contributed by atoms with Crippen LogP contribution in [0.4, 0.5) is 0 Å². The summed E-state index contributed by atoms with van der Waals surface area (Å²) in [5.41, 5.74) is 0.981. The SMILES string of the molecule is CCC(C)c1cc(O)cc(O)c1. The van der Waals surface area contributed by atoms with Crippen LogP contribution < -0.4 is 0 Å². The molecule has 0 bridgehead atoms. The van der Waals surface area contributed by atoms with E-state index in [1.54, 1.807) is 12.1 Å². The summed E-state index contributed by atoms with van der Waals surface area (Å²) < 4.78 is 0. The van der Waals surface area contributed by atoms with Gasteiger partial charge in [0.2, 0.25) is 0 Å². The molecular weight excluding hydrogens is 152 g/mol. The monoisotopic (exact) mass is 166 g/mol. The first-order chi connectivity index (χ1) is 5.63. The van der Waals surface area contributed by atoms with Gasteiger partial charge in [-0.15, -0.1) is 0 Å². The highest BCUT2D eigenvalue weighted by Crippen LogP contribution is 2.27. The molecule has 1 aromatic rings. The van der Waals surface area contributed by atoms with Gasteiger partial charge in [-0.1, -0.05) is 13.8 Å². The predicted molar refractivity (Wildman–Crippen MR) is 48.5 cm³/mol. The molecule has 0 aromatic heterocycles. The topological polar surface area (TPSA) is 40.5 Å². The normalized spacial score (nSPS) is 12.8. The molecule has 0 saturated carbocycles. The molecule has 1 atom stereocenters. The van der Waals surface area contributed by atoms with Crippen LogP contribution in [0, 0.1) is 0 Å². The number of rotatable bonds is 2. The molecule has 0 aliphatic heterocycles. The van der Waals surface area contributed by atoms with Crippen molar-refractivity contribution in [2.75, 3.05) is 0 Å². The number of phenols is 2. The Morgan fingerprint density at radius 1 is 1.17 bits per heavy atom. The van der Waals surface area contributed by atoms with Crippen molar-refractivity contribution >= 4 is 0 Å². The van der Waals surface area contributed by atoms with Gasteiger partial charge >= 0.3 is 0 Å². The molecule has 0 aliphatic rings. The van der Waals surface area contributed by atoms with Crippen molar-refractivity contribution < 1.29 is 10.2 Å². The molecular formula is C10H14O2. The first kappa shape index (κ1) is 8.91. The van der Waals surface area contributed by atoms with E-state index in [2.05, 4.69) is 13.8 Å². The van der Waals surface area contributed by atoms with E-state index < -0.39 is 0 Å². The number of phenolic OH excluding ortho intramolecular Hbond substituents is 2. The zero-order valence-electron chi connectivity index (χ0n) is 7.41. The summed E-state index contributed by atoms with van der Waals surface area (Å²) >= 11 is 0. The lowest BCUT2D eigenvalue weighted by molar-refractivity contribution is 0.448. The average Bonchev–Trinajstić information content (AvgIpc) is 2.01. The molecule has 0 spiro atoms. The first-order valence-electron chi connectivity index (χ1n) is 4.16. The molecule has 1 rings (SSSR count). The van der Waals surface area contributed by atoms with Gasteiger partial charge in [0.15, 0.2) is 0 Å². The summed E-state index contributed by atoms with van der Waals surface area (Å²) in [5.74, 6) is 0.638. The molecule has 1 aromatic carbocycles.